The quantitative estimate of drug-likeness (QED) is 0.853. The number of anilines is 1. The normalized spacial score (nSPS) is 18.9. The SMILES string of the molecule is CCOc1ccc2c(c1)OCCn1cc(N3C(=O)OCC3CC)nc1-2. The molecule has 3 heterocycles. The second-order valence-corrected chi connectivity index (χ2v) is 6.06. The minimum Gasteiger partial charge on any atom is -0.494 e. The van der Waals surface area contributed by atoms with Gasteiger partial charge in [-0.25, -0.2) is 9.78 Å². The number of amides is 1. The zero-order valence-corrected chi connectivity index (χ0v) is 14.4. The fourth-order valence-corrected chi connectivity index (χ4v) is 3.26. The van der Waals surface area contributed by atoms with Gasteiger partial charge in [-0.05, 0) is 25.5 Å². The molecular weight excluding hydrogens is 322 g/mol. The maximum atomic E-state index is 12.1. The Bertz CT molecular complexity index is 802. The number of aromatic nitrogens is 2. The van der Waals surface area contributed by atoms with Gasteiger partial charge in [0.1, 0.15) is 30.5 Å². The third-order valence-electron chi connectivity index (χ3n) is 4.54. The van der Waals surface area contributed by atoms with E-state index in [1.165, 1.54) is 0 Å². The van der Waals surface area contributed by atoms with Crippen LogP contribution in [0.4, 0.5) is 10.6 Å². The van der Waals surface area contributed by atoms with Crippen molar-refractivity contribution < 1.29 is 19.0 Å². The van der Waals surface area contributed by atoms with E-state index >= 15 is 0 Å². The molecule has 25 heavy (non-hydrogen) atoms. The van der Waals surface area contributed by atoms with Gasteiger partial charge in [0.05, 0.1) is 24.8 Å². The summed E-state index contributed by atoms with van der Waals surface area (Å²) >= 11 is 0. The molecule has 0 aliphatic carbocycles. The maximum Gasteiger partial charge on any atom is 0.415 e. The monoisotopic (exact) mass is 343 g/mol. The molecule has 0 radical (unpaired) electrons. The number of benzene rings is 1. The van der Waals surface area contributed by atoms with E-state index in [0.717, 1.165) is 29.3 Å². The summed E-state index contributed by atoms with van der Waals surface area (Å²) in [5, 5.41) is 0. The smallest absolute Gasteiger partial charge is 0.415 e. The first-order valence-corrected chi connectivity index (χ1v) is 8.64. The predicted molar refractivity (Wildman–Crippen MR) is 92.2 cm³/mol. The van der Waals surface area contributed by atoms with Gasteiger partial charge in [-0.15, -0.1) is 0 Å². The summed E-state index contributed by atoms with van der Waals surface area (Å²) in [5.74, 6) is 2.94. The minimum absolute atomic E-state index is 0.0303. The highest BCUT2D eigenvalue weighted by Gasteiger charge is 2.35. The van der Waals surface area contributed by atoms with Crippen LogP contribution in [0.2, 0.25) is 0 Å². The van der Waals surface area contributed by atoms with Crippen LogP contribution in [0.25, 0.3) is 11.4 Å². The average molecular weight is 343 g/mol. The third kappa shape index (κ3) is 2.69. The molecule has 0 N–H and O–H groups in total. The summed E-state index contributed by atoms with van der Waals surface area (Å²) < 4.78 is 18.6. The Labute approximate surface area is 146 Å². The molecule has 2 aliphatic rings. The van der Waals surface area contributed by atoms with Gasteiger partial charge >= 0.3 is 6.09 Å². The zero-order chi connectivity index (χ0) is 17.4. The number of fused-ring (bicyclic) bond motifs is 3. The van der Waals surface area contributed by atoms with Crippen molar-refractivity contribution in [3.63, 3.8) is 0 Å². The number of carbonyl (C=O) groups excluding carboxylic acids is 1. The first kappa shape index (κ1) is 15.8. The van der Waals surface area contributed by atoms with Gasteiger partial charge in [0.25, 0.3) is 0 Å². The highest BCUT2D eigenvalue weighted by atomic mass is 16.6. The molecule has 0 spiro atoms. The van der Waals surface area contributed by atoms with E-state index in [9.17, 15) is 4.79 Å². The van der Waals surface area contributed by atoms with E-state index in [1.54, 1.807) is 4.90 Å². The summed E-state index contributed by atoms with van der Waals surface area (Å²) in [4.78, 5) is 18.5. The maximum absolute atomic E-state index is 12.1. The summed E-state index contributed by atoms with van der Waals surface area (Å²) in [7, 11) is 0. The summed E-state index contributed by atoms with van der Waals surface area (Å²) in [6.07, 6.45) is 2.40. The molecule has 0 saturated carbocycles. The Hall–Kier alpha value is -2.70. The third-order valence-corrected chi connectivity index (χ3v) is 4.54. The lowest BCUT2D eigenvalue weighted by Gasteiger charge is -2.17. The molecular formula is C18H21N3O4. The Balaban J connectivity index is 1.74. The number of rotatable bonds is 4. The molecule has 1 aromatic heterocycles. The molecule has 1 saturated heterocycles. The Morgan fingerprint density at radius 1 is 1.32 bits per heavy atom. The molecule has 2 aromatic rings. The highest BCUT2D eigenvalue weighted by Crippen LogP contribution is 2.37. The van der Waals surface area contributed by atoms with Gasteiger partial charge in [0.2, 0.25) is 0 Å². The Kier molecular flexibility index (Phi) is 3.99. The van der Waals surface area contributed by atoms with Crippen molar-refractivity contribution in [1.29, 1.82) is 0 Å². The van der Waals surface area contributed by atoms with Crippen molar-refractivity contribution in [3.8, 4) is 22.9 Å². The van der Waals surface area contributed by atoms with Crippen LogP contribution < -0.4 is 14.4 Å². The molecule has 4 rings (SSSR count). The van der Waals surface area contributed by atoms with Crippen molar-refractivity contribution in [1.82, 2.24) is 9.55 Å². The molecule has 1 atom stereocenters. The van der Waals surface area contributed by atoms with Crippen LogP contribution >= 0.6 is 0 Å². The van der Waals surface area contributed by atoms with Crippen LogP contribution in [0.3, 0.4) is 0 Å². The van der Waals surface area contributed by atoms with Crippen LogP contribution in [0, 0.1) is 0 Å². The summed E-state index contributed by atoms with van der Waals surface area (Å²) in [6.45, 7) is 6.21. The molecule has 1 unspecified atom stereocenters. The lowest BCUT2D eigenvalue weighted by Crippen LogP contribution is -2.33. The molecule has 1 fully saturated rings. The van der Waals surface area contributed by atoms with Gasteiger partial charge in [0.15, 0.2) is 5.82 Å². The number of carbonyl (C=O) groups is 1. The lowest BCUT2D eigenvalue weighted by molar-refractivity contribution is 0.178. The van der Waals surface area contributed by atoms with Gasteiger partial charge in [-0.1, -0.05) is 6.92 Å². The van der Waals surface area contributed by atoms with Crippen LogP contribution in [0.5, 0.6) is 11.5 Å². The van der Waals surface area contributed by atoms with Gasteiger partial charge in [0, 0.05) is 12.3 Å². The molecule has 132 valence electrons. The van der Waals surface area contributed by atoms with Gasteiger partial charge in [-0.2, -0.15) is 0 Å². The van der Waals surface area contributed by atoms with Crippen molar-refractivity contribution in [3.05, 3.63) is 24.4 Å². The topological polar surface area (TPSA) is 65.8 Å². The average Bonchev–Trinajstić information content (AvgIpc) is 3.14. The zero-order valence-electron chi connectivity index (χ0n) is 14.4. The highest BCUT2D eigenvalue weighted by molar-refractivity contribution is 5.89. The van der Waals surface area contributed by atoms with E-state index in [2.05, 4.69) is 0 Å². The summed E-state index contributed by atoms with van der Waals surface area (Å²) in [5.41, 5.74) is 0.896. The van der Waals surface area contributed by atoms with Gasteiger partial charge in [-0.3, -0.25) is 4.90 Å². The standard InChI is InChI=1S/C18H21N3O4/c1-3-12-11-25-18(22)21(12)16-10-20-7-8-24-15-9-13(23-4-2)5-6-14(15)17(20)19-16/h5-6,9-10,12H,3-4,7-8,11H2,1-2H3. The number of nitrogens with zero attached hydrogens (tertiary/aromatic N) is 3. The second-order valence-electron chi connectivity index (χ2n) is 6.06. The van der Waals surface area contributed by atoms with Crippen LogP contribution in [-0.4, -0.2) is 41.5 Å². The predicted octanol–water partition coefficient (Wildman–Crippen LogP) is 3.08. The number of cyclic esters (lactones) is 1. The number of imidazole rings is 1. The Morgan fingerprint density at radius 2 is 2.20 bits per heavy atom. The molecule has 7 heteroatoms. The Morgan fingerprint density at radius 3 is 3.00 bits per heavy atom. The fourth-order valence-electron chi connectivity index (χ4n) is 3.26. The van der Waals surface area contributed by atoms with Crippen molar-refractivity contribution in [2.24, 2.45) is 0 Å². The first-order valence-electron chi connectivity index (χ1n) is 8.64. The number of ether oxygens (including phenoxy) is 3. The molecule has 2 aliphatic heterocycles. The van der Waals surface area contributed by atoms with Crippen LogP contribution in [0.15, 0.2) is 24.4 Å². The number of hydrogen-bond acceptors (Lipinski definition) is 5. The van der Waals surface area contributed by atoms with Crippen LogP contribution in [-0.2, 0) is 11.3 Å². The van der Waals surface area contributed by atoms with Crippen LogP contribution in [0.1, 0.15) is 20.3 Å². The number of hydrogen-bond donors (Lipinski definition) is 0. The van der Waals surface area contributed by atoms with E-state index in [-0.39, 0.29) is 12.1 Å². The first-order chi connectivity index (χ1) is 12.2. The molecule has 7 nitrogen and oxygen atoms in total. The summed E-state index contributed by atoms with van der Waals surface area (Å²) in [6, 6.07) is 5.78. The van der Waals surface area contributed by atoms with Crippen molar-refractivity contribution in [2.45, 2.75) is 32.9 Å². The molecule has 1 aromatic carbocycles. The second kappa shape index (κ2) is 6.31. The van der Waals surface area contributed by atoms with E-state index < -0.39 is 0 Å². The van der Waals surface area contributed by atoms with Crippen molar-refractivity contribution in [2.75, 3.05) is 24.7 Å². The fraction of sp³-hybridized carbons (Fsp3) is 0.444. The lowest BCUT2D eigenvalue weighted by atomic mass is 10.2. The van der Waals surface area contributed by atoms with E-state index in [0.29, 0.717) is 32.2 Å². The van der Waals surface area contributed by atoms with Gasteiger partial charge < -0.3 is 18.8 Å². The molecule has 0 bridgehead atoms. The minimum atomic E-state index is -0.330. The largest absolute Gasteiger partial charge is 0.494 e. The molecule has 1 amide bonds. The van der Waals surface area contributed by atoms with Crippen molar-refractivity contribution >= 4 is 11.9 Å². The van der Waals surface area contributed by atoms with E-state index in [1.807, 2.05) is 42.8 Å². The van der Waals surface area contributed by atoms with E-state index in [4.69, 9.17) is 19.2 Å².